The molecular weight excluding hydrogens is 202 g/mol. The average Bonchev–Trinajstić information content (AvgIpc) is 2.57. The molecule has 0 amide bonds. The summed E-state index contributed by atoms with van der Waals surface area (Å²) >= 11 is 0. The maximum absolute atomic E-state index is 11.3. The fourth-order valence-corrected chi connectivity index (χ4v) is 2.51. The Morgan fingerprint density at radius 2 is 2.31 bits per heavy atom. The molecule has 1 atom stereocenters. The van der Waals surface area contributed by atoms with Crippen LogP contribution in [0.5, 0.6) is 0 Å². The van der Waals surface area contributed by atoms with E-state index in [2.05, 4.69) is 37.1 Å². The van der Waals surface area contributed by atoms with Gasteiger partial charge < -0.3 is 9.64 Å². The van der Waals surface area contributed by atoms with E-state index in [1.807, 2.05) is 0 Å². The van der Waals surface area contributed by atoms with E-state index >= 15 is 0 Å². The highest BCUT2D eigenvalue weighted by molar-refractivity contribution is 5.73. The van der Waals surface area contributed by atoms with Crippen LogP contribution in [-0.4, -0.2) is 26.7 Å². The molecule has 3 heteroatoms. The van der Waals surface area contributed by atoms with Gasteiger partial charge in [0.1, 0.15) is 0 Å². The van der Waals surface area contributed by atoms with Gasteiger partial charge in [-0.05, 0) is 18.1 Å². The Balaban J connectivity index is 2.29. The van der Waals surface area contributed by atoms with Crippen molar-refractivity contribution in [3.8, 4) is 0 Å². The van der Waals surface area contributed by atoms with Gasteiger partial charge in [-0.1, -0.05) is 18.2 Å². The van der Waals surface area contributed by atoms with E-state index in [4.69, 9.17) is 4.74 Å². The van der Waals surface area contributed by atoms with Crippen molar-refractivity contribution in [2.24, 2.45) is 0 Å². The lowest BCUT2D eigenvalue weighted by molar-refractivity contribution is -0.140. The summed E-state index contributed by atoms with van der Waals surface area (Å²) in [7, 11) is 3.52. The molecule has 1 heterocycles. The molecule has 1 aliphatic rings. The molecule has 1 aliphatic heterocycles. The number of hydrogen-bond donors (Lipinski definition) is 0. The molecular formula is C13H17NO2. The number of para-hydroxylation sites is 1. The summed E-state index contributed by atoms with van der Waals surface area (Å²) in [5, 5.41) is 0. The first kappa shape index (κ1) is 11.0. The minimum atomic E-state index is -0.132. The van der Waals surface area contributed by atoms with Gasteiger partial charge in [0.2, 0.25) is 0 Å². The number of aryl methyl sites for hydroxylation is 1. The lowest BCUT2D eigenvalue weighted by Gasteiger charge is -2.14. The molecule has 0 radical (unpaired) electrons. The first-order chi connectivity index (χ1) is 7.63. The number of esters is 1. The van der Waals surface area contributed by atoms with Gasteiger partial charge in [0.25, 0.3) is 0 Å². The van der Waals surface area contributed by atoms with Crippen molar-refractivity contribution >= 4 is 11.7 Å². The first-order valence-electron chi connectivity index (χ1n) is 5.51. The van der Waals surface area contributed by atoms with Crippen LogP contribution >= 0.6 is 0 Å². The van der Waals surface area contributed by atoms with Crippen LogP contribution in [0.15, 0.2) is 18.2 Å². The zero-order valence-electron chi connectivity index (χ0n) is 9.99. The summed E-state index contributed by atoms with van der Waals surface area (Å²) in [5.74, 6) is 0.139. The molecule has 1 unspecified atom stereocenters. The lowest BCUT2D eigenvalue weighted by atomic mass is 9.96. The smallest absolute Gasteiger partial charge is 0.306 e. The molecule has 16 heavy (non-hydrogen) atoms. The summed E-state index contributed by atoms with van der Waals surface area (Å²) in [5.41, 5.74) is 3.82. The standard InChI is InChI=1S/C13H17NO2/c1-9-5-4-6-11-10(7-12(15)16-3)8-14(2)13(9)11/h4-6,10H,7-8H2,1-3H3. The van der Waals surface area contributed by atoms with Crippen LogP contribution in [0.25, 0.3) is 0 Å². The number of fused-ring (bicyclic) bond motifs is 1. The SMILES string of the molecule is COC(=O)CC1CN(C)c2c(C)cccc21. The van der Waals surface area contributed by atoms with E-state index < -0.39 is 0 Å². The van der Waals surface area contributed by atoms with Gasteiger partial charge >= 0.3 is 5.97 Å². The number of ether oxygens (including phenoxy) is 1. The minimum Gasteiger partial charge on any atom is -0.469 e. The van der Waals surface area contributed by atoms with E-state index in [0.29, 0.717) is 6.42 Å². The second kappa shape index (κ2) is 4.16. The van der Waals surface area contributed by atoms with Crippen molar-refractivity contribution in [2.45, 2.75) is 19.3 Å². The largest absolute Gasteiger partial charge is 0.469 e. The predicted octanol–water partition coefficient (Wildman–Crippen LogP) is 2.09. The fraction of sp³-hybridized carbons (Fsp3) is 0.462. The minimum absolute atomic E-state index is 0.132. The summed E-state index contributed by atoms with van der Waals surface area (Å²) in [6, 6.07) is 6.27. The monoisotopic (exact) mass is 219 g/mol. The summed E-state index contributed by atoms with van der Waals surface area (Å²) in [6.45, 7) is 3.01. The van der Waals surface area contributed by atoms with Crippen molar-refractivity contribution in [1.29, 1.82) is 0 Å². The average molecular weight is 219 g/mol. The topological polar surface area (TPSA) is 29.5 Å². The zero-order chi connectivity index (χ0) is 11.7. The number of rotatable bonds is 2. The molecule has 0 aliphatic carbocycles. The fourth-order valence-electron chi connectivity index (χ4n) is 2.51. The number of hydrogen-bond acceptors (Lipinski definition) is 3. The van der Waals surface area contributed by atoms with Gasteiger partial charge in [-0.15, -0.1) is 0 Å². The van der Waals surface area contributed by atoms with E-state index in [-0.39, 0.29) is 11.9 Å². The Kier molecular flexibility index (Phi) is 2.86. The Hall–Kier alpha value is -1.51. The summed E-state index contributed by atoms with van der Waals surface area (Å²) in [6.07, 6.45) is 0.470. The van der Waals surface area contributed by atoms with Crippen molar-refractivity contribution in [2.75, 3.05) is 25.6 Å². The number of methoxy groups -OCH3 is 1. The third kappa shape index (κ3) is 1.77. The third-order valence-corrected chi connectivity index (χ3v) is 3.23. The number of carbonyl (C=O) groups is 1. The van der Waals surface area contributed by atoms with Crippen LogP contribution in [0, 0.1) is 6.92 Å². The molecule has 0 saturated heterocycles. The summed E-state index contributed by atoms with van der Waals surface area (Å²) < 4.78 is 4.74. The van der Waals surface area contributed by atoms with Gasteiger partial charge in [-0.2, -0.15) is 0 Å². The lowest BCUT2D eigenvalue weighted by Crippen LogP contribution is -2.17. The van der Waals surface area contributed by atoms with E-state index in [0.717, 1.165) is 6.54 Å². The van der Waals surface area contributed by atoms with Gasteiger partial charge in [-0.3, -0.25) is 4.79 Å². The number of carbonyl (C=O) groups excluding carboxylic acids is 1. The van der Waals surface area contributed by atoms with Crippen molar-refractivity contribution in [1.82, 2.24) is 0 Å². The predicted molar refractivity (Wildman–Crippen MR) is 63.8 cm³/mol. The maximum Gasteiger partial charge on any atom is 0.306 e. The van der Waals surface area contributed by atoms with E-state index in [1.54, 1.807) is 0 Å². The van der Waals surface area contributed by atoms with E-state index in [1.165, 1.54) is 23.9 Å². The number of anilines is 1. The molecule has 1 aromatic rings. The van der Waals surface area contributed by atoms with Gasteiger partial charge in [0.05, 0.1) is 13.5 Å². The van der Waals surface area contributed by atoms with E-state index in [9.17, 15) is 4.79 Å². The molecule has 1 aromatic carbocycles. The Morgan fingerprint density at radius 3 is 3.00 bits per heavy atom. The molecule has 2 rings (SSSR count). The molecule has 0 aromatic heterocycles. The third-order valence-electron chi connectivity index (χ3n) is 3.23. The summed E-state index contributed by atoms with van der Waals surface area (Å²) in [4.78, 5) is 13.5. The number of nitrogens with zero attached hydrogens (tertiary/aromatic N) is 1. The highest BCUT2D eigenvalue weighted by Gasteiger charge is 2.29. The Labute approximate surface area is 96.0 Å². The zero-order valence-corrected chi connectivity index (χ0v) is 9.99. The number of benzene rings is 1. The van der Waals surface area contributed by atoms with Crippen molar-refractivity contribution < 1.29 is 9.53 Å². The molecule has 0 N–H and O–H groups in total. The van der Waals surface area contributed by atoms with Crippen molar-refractivity contribution in [3.63, 3.8) is 0 Å². The maximum atomic E-state index is 11.3. The van der Waals surface area contributed by atoms with Gasteiger partial charge in [0, 0.05) is 25.2 Å². The van der Waals surface area contributed by atoms with Crippen molar-refractivity contribution in [3.05, 3.63) is 29.3 Å². The number of likely N-dealkylation sites (N-methyl/N-ethyl adjacent to an activating group) is 1. The second-order valence-electron chi connectivity index (χ2n) is 4.37. The Morgan fingerprint density at radius 1 is 1.56 bits per heavy atom. The molecule has 0 bridgehead atoms. The Bertz CT molecular complexity index is 414. The van der Waals surface area contributed by atoms with Crippen LogP contribution in [0.3, 0.4) is 0 Å². The molecule has 0 spiro atoms. The quantitative estimate of drug-likeness (QED) is 0.713. The van der Waals surface area contributed by atoms with Crippen LogP contribution in [0.1, 0.15) is 23.5 Å². The van der Waals surface area contributed by atoms with Gasteiger partial charge in [-0.25, -0.2) is 0 Å². The van der Waals surface area contributed by atoms with Crippen LogP contribution in [-0.2, 0) is 9.53 Å². The second-order valence-corrected chi connectivity index (χ2v) is 4.37. The highest BCUT2D eigenvalue weighted by atomic mass is 16.5. The van der Waals surface area contributed by atoms with Crippen LogP contribution in [0.2, 0.25) is 0 Å². The molecule has 0 saturated carbocycles. The van der Waals surface area contributed by atoms with Gasteiger partial charge in [0.15, 0.2) is 0 Å². The van der Waals surface area contributed by atoms with Crippen LogP contribution < -0.4 is 4.90 Å². The molecule has 86 valence electrons. The highest BCUT2D eigenvalue weighted by Crippen LogP contribution is 2.39. The first-order valence-corrected chi connectivity index (χ1v) is 5.51. The molecule has 0 fully saturated rings. The molecule has 3 nitrogen and oxygen atoms in total. The normalized spacial score (nSPS) is 18.4. The van der Waals surface area contributed by atoms with Crippen LogP contribution in [0.4, 0.5) is 5.69 Å².